The van der Waals surface area contributed by atoms with E-state index in [1.807, 2.05) is 0 Å². The molecule has 4 heteroatoms. The predicted molar refractivity (Wildman–Crippen MR) is 263 cm³/mol. The first-order chi connectivity index (χ1) is 28.9. The van der Waals surface area contributed by atoms with Crippen molar-refractivity contribution >= 4 is 52.3 Å². The Labute approximate surface area is 370 Å². The van der Waals surface area contributed by atoms with Gasteiger partial charge in [-0.1, -0.05) is 0 Å². The Hall–Kier alpha value is -3.52. The van der Waals surface area contributed by atoms with Crippen LogP contribution in [-0.2, 0) is 16.4 Å². The van der Waals surface area contributed by atoms with Crippen molar-refractivity contribution in [3.63, 3.8) is 0 Å². The van der Waals surface area contributed by atoms with Gasteiger partial charge in [-0.15, -0.1) is 0 Å². The van der Waals surface area contributed by atoms with E-state index in [1.165, 1.54) is 91.6 Å². The Morgan fingerprint density at radius 1 is 0.483 bits per heavy atom. The summed E-state index contributed by atoms with van der Waals surface area (Å²) in [4.78, 5) is 0. The third kappa shape index (κ3) is 6.45. The van der Waals surface area contributed by atoms with Crippen molar-refractivity contribution in [1.29, 1.82) is 0 Å². The van der Waals surface area contributed by atoms with Gasteiger partial charge in [0.05, 0.1) is 0 Å². The first-order valence-electron chi connectivity index (χ1n) is 22.5. The first kappa shape index (κ1) is 41.8. The second-order valence-electron chi connectivity index (χ2n) is 18.7. The Balaban J connectivity index is 1.37. The molecule has 0 nitrogen and oxygen atoms in total. The molecule has 0 amide bonds. The molecular formula is C56H59Cl2SiZr. The summed E-state index contributed by atoms with van der Waals surface area (Å²) in [5.41, 5.74) is 18.8. The number of allylic oxidation sites excluding steroid dienone is 2. The third-order valence-corrected chi connectivity index (χ3v) is 37.3. The van der Waals surface area contributed by atoms with Crippen molar-refractivity contribution in [3.05, 3.63) is 172 Å². The number of benzene rings is 6. The summed E-state index contributed by atoms with van der Waals surface area (Å²) < 4.78 is 1.07. The van der Waals surface area contributed by atoms with E-state index in [2.05, 4.69) is 195 Å². The van der Waals surface area contributed by atoms with Gasteiger partial charge in [0.15, 0.2) is 0 Å². The minimum atomic E-state index is -5.68. The standard InChI is InChI=1S/2C22H25.C12H9Si.2ClH.Zr/c2*1-5-16(4)19-10-6-7-11-20(19)21-12-8-9-17-13-18(15(2)3)14-22(17)21;1-3-7-11-9(5-1)10-6-2-4-8-12(10)13-11;;;/h2*6-16H,5H2,1-4H3;1-7H,13H2;2*1H;/q;;;;;+2/p-2. The third-order valence-electron chi connectivity index (χ3n) is 14.7. The molecule has 0 fully saturated rings. The normalized spacial score (nSPS) is 18.7. The topological polar surface area (TPSA) is 0 Å². The molecule has 0 saturated heterocycles. The second-order valence-corrected chi connectivity index (χ2v) is 41.1. The summed E-state index contributed by atoms with van der Waals surface area (Å²) in [6.45, 7) is 18.8. The molecule has 2 aliphatic carbocycles. The van der Waals surface area contributed by atoms with Gasteiger partial charge in [0, 0.05) is 0 Å². The van der Waals surface area contributed by atoms with Crippen molar-refractivity contribution in [2.24, 2.45) is 11.8 Å². The molecule has 6 aromatic carbocycles. The molecule has 305 valence electrons. The van der Waals surface area contributed by atoms with E-state index < -0.39 is 25.9 Å². The van der Waals surface area contributed by atoms with Crippen molar-refractivity contribution in [1.82, 2.24) is 0 Å². The van der Waals surface area contributed by atoms with Gasteiger partial charge in [0.1, 0.15) is 0 Å². The van der Waals surface area contributed by atoms with Crippen LogP contribution in [0, 0.1) is 11.8 Å². The fourth-order valence-corrected chi connectivity index (χ4v) is 39.6. The molecule has 3 aliphatic rings. The molecule has 60 heavy (non-hydrogen) atoms. The van der Waals surface area contributed by atoms with Crippen LogP contribution < -0.4 is 13.6 Å². The fourth-order valence-electron chi connectivity index (χ4n) is 11.4. The van der Waals surface area contributed by atoms with Crippen LogP contribution in [0.3, 0.4) is 0 Å². The van der Waals surface area contributed by atoms with Crippen LogP contribution in [0.15, 0.2) is 139 Å². The molecule has 1 heterocycles. The molecule has 0 N–H and O–H groups in total. The number of fused-ring (bicyclic) bond motifs is 5. The van der Waals surface area contributed by atoms with Crippen molar-refractivity contribution < 1.29 is 16.4 Å². The molecule has 0 saturated carbocycles. The summed E-state index contributed by atoms with van der Waals surface area (Å²) in [5, 5.41) is 2.97. The van der Waals surface area contributed by atoms with Crippen LogP contribution in [0.4, 0.5) is 0 Å². The Bertz CT molecular complexity index is 2580. The average molecular weight is 922 g/mol. The van der Waals surface area contributed by atoms with Crippen molar-refractivity contribution in [3.8, 4) is 33.4 Å². The van der Waals surface area contributed by atoms with E-state index in [0.29, 0.717) is 11.8 Å². The zero-order valence-electron chi connectivity index (χ0n) is 36.6. The number of hydrogen-bond donors (Lipinski definition) is 0. The summed E-state index contributed by atoms with van der Waals surface area (Å²) in [5.74, 6) is 1.39. The molecular weight excluding hydrogens is 863 g/mol. The van der Waals surface area contributed by atoms with Crippen LogP contribution in [0.25, 0.3) is 45.5 Å². The van der Waals surface area contributed by atoms with Crippen LogP contribution in [0.2, 0.25) is 0 Å². The SMILES string of the molecule is CCC(C)c1ccccc1-c1cccc2c1C=C(C(C)C)[CH]2[Zr]([Cl])([Cl])([c]1cccc2c1[SiH2]c1ccccc1-2)[CH]1C(C(C)C)=Cc2c(-c3ccccc3C(C)CC)cccc21. The van der Waals surface area contributed by atoms with E-state index in [4.69, 9.17) is 0 Å². The molecule has 9 rings (SSSR count). The van der Waals surface area contributed by atoms with Gasteiger partial charge in [-0.25, -0.2) is 0 Å². The van der Waals surface area contributed by atoms with Gasteiger partial charge >= 0.3 is 373 Å². The molecule has 1 aliphatic heterocycles. The van der Waals surface area contributed by atoms with Gasteiger partial charge in [-0.3, -0.25) is 0 Å². The van der Waals surface area contributed by atoms with E-state index in [1.54, 1.807) is 0 Å². The zero-order chi connectivity index (χ0) is 42.1. The molecule has 4 atom stereocenters. The zero-order valence-corrected chi connectivity index (χ0v) is 42.0. The molecule has 0 radical (unpaired) electrons. The number of halogens is 2. The molecule has 6 aromatic rings. The maximum absolute atomic E-state index is 9.41. The first-order valence-corrected chi connectivity index (χ1v) is 34.3. The van der Waals surface area contributed by atoms with Gasteiger partial charge in [-0.2, -0.15) is 0 Å². The summed E-state index contributed by atoms with van der Waals surface area (Å²) >= 11 is -5.68. The predicted octanol–water partition coefficient (Wildman–Crippen LogP) is 14.4. The summed E-state index contributed by atoms with van der Waals surface area (Å²) in [7, 11) is 18.0. The van der Waals surface area contributed by atoms with Crippen LogP contribution in [0.1, 0.15) is 121 Å². The van der Waals surface area contributed by atoms with Gasteiger partial charge in [0.2, 0.25) is 0 Å². The second kappa shape index (κ2) is 16.0. The van der Waals surface area contributed by atoms with Crippen LogP contribution in [0.5, 0.6) is 0 Å². The molecule has 0 spiro atoms. The Morgan fingerprint density at radius 2 is 0.900 bits per heavy atom. The van der Waals surface area contributed by atoms with Crippen molar-refractivity contribution in [2.45, 2.75) is 87.3 Å². The van der Waals surface area contributed by atoms with Crippen molar-refractivity contribution in [2.75, 3.05) is 0 Å². The summed E-state index contributed by atoms with van der Waals surface area (Å²) in [6.07, 6.45) is 7.25. The van der Waals surface area contributed by atoms with E-state index in [-0.39, 0.29) is 19.1 Å². The number of hydrogen-bond acceptors (Lipinski definition) is 0. The quantitative estimate of drug-likeness (QED) is 0.113. The van der Waals surface area contributed by atoms with E-state index in [0.717, 1.165) is 12.8 Å². The average Bonchev–Trinajstić information content (AvgIpc) is 3.99. The van der Waals surface area contributed by atoms with Gasteiger partial charge < -0.3 is 0 Å². The van der Waals surface area contributed by atoms with Gasteiger partial charge in [0.25, 0.3) is 0 Å². The van der Waals surface area contributed by atoms with Gasteiger partial charge in [-0.05, 0) is 0 Å². The Morgan fingerprint density at radius 3 is 1.38 bits per heavy atom. The molecule has 0 aromatic heterocycles. The monoisotopic (exact) mass is 919 g/mol. The van der Waals surface area contributed by atoms with Crippen LogP contribution in [-0.4, -0.2) is 9.52 Å². The molecule has 4 unspecified atom stereocenters. The van der Waals surface area contributed by atoms with E-state index >= 15 is 0 Å². The Kier molecular flexibility index (Phi) is 11.1. The summed E-state index contributed by atoms with van der Waals surface area (Å²) in [6, 6.07) is 48.3. The van der Waals surface area contributed by atoms with E-state index in [9.17, 15) is 17.0 Å². The number of rotatable bonds is 11. The van der Waals surface area contributed by atoms with Crippen LogP contribution >= 0.6 is 17.0 Å². The fraction of sp³-hybridized carbons (Fsp3) is 0.286. The molecule has 0 bridgehead atoms. The maximum atomic E-state index is 9.41. The minimum absolute atomic E-state index is 0.112.